The molecule has 1 aromatic heterocycles. The molecule has 1 nitrogen and oxygen atoms in total. The zero-order valence-corrected chi connectivity index (χ0v) is 13.2. The van der Waals surface area contributed by atoms with E-state index in [0.29, 0.717) is 0 Å². The number of pyridine rings is 1. The topological polar surface area (TPSA) is 12.9 Å². The summed E-state index contributed by atoms with van der Waals surface area (Å²) in [5, 5.41) is 0. The largest absolute Gasteiger partial charge is 0.247 e. The van der Waals surface area contributed by atoms with E-state index < -0.39 is 0 Å². The highest BCUT2D eigenvalue weighted by molar-refractivity contribution is 5.75. The molecule has 0 saturated carbocycles. The minimum absolute atomic E-state index is 0.871. The Morgan fingerprint density at radius 2 is 1.04 bits per heavy atom. The van der Waals surface area contributed by atoms with Crippen LogP contribution in [0.3, 0.4) is 0 Å². The second-order valence-corrected chi connectivity index (χ2v) is 5.63. The summed E-state index contributed by atoms with van der Waals surface area (Å²) in [4.78, 5) is 4.84. The van der Waals surface area contributed by atoms with Gasteiger partial charge in [0.25, 0.3) is 0 Å². The highest BCUT2D eigenvalue weighted by Gasteiger charge is 2.08. The molecule has 0 atom stereocenters. The fraction of sp³-hybridized carbons (Fsp3) is 0. The Labute approximate surface area is 142 Å². The highest BCUT2D eigenvalue weighted by Crippen LogP contribution is 2.29. The molecule has 0 saturated heterocycles. The molecule has 3 aromatic carbocycles. The van der Waals surface area contributed by atoms with Gasteiger partial charge in [-0.15, -0.1) is 0 Å². The van der Waals surface area contributed by atoms with Crippen LogP contribution in [0.1, 0.15) is 0 Å². The number of hydrogen-bond donors (Lipinski definition) is 0. The summed E-state index contributed by atoms with van der Waals surface area (Å²) in [6, 6.07) is 36.4. The van der Waals surface area contributed by atoms with E-state index in [4.69, 9.17) is 4.98 Å². The van der Waals surface area contributed by atoms with Crippen molar-refractivity contribution in [2.24, 2.45) is 0 Å². The van der Waals surface area contributed by atoms with Gasteiger partial charge in [0.15, 0.2) is 0 Å². The highest BCUT2D eigenvalue weighted by atomic mass is 14.7. The lowest BCUT2D eigenvalue weighted by Gasteiger charge is -2.09. The second kappa shape index (κ2) is 6.51. The Kier molecular flexibility index (Phi) is 3.91. The monoisotopic (exact) mass is 306 g/mol. The molecule has 113 valence electrons. The van der Waals surface area contributed by atoms with Crippen LogP contribution in [0.25, 0.3) is 33.6 Å². The molecule has 0 fully saturated rings. The predicted octanol–water partition coefficient (Wildman–Crippen LogP) is 5.88. The van der Waals surface area contributed by atoms with Crippen LogP contribution >= 0.6 is 0 Å². The van der Waals surface area contributed by atoms with Gasteiger partial charge in [0.1, 0.15) is 0 Å². The molecule has 4 rings (SSSR count). The van der Waals surface area contributed by atoms with E-state index >= 15 is 0 Å². The van der Waals surface area contributed by atoms with Crippen molar-refractivity contribution in [1.82, 2.24) is 4.98 Å². The van der Waals surface area contributed by atoms with Gasteiger partial charge in [-0.1, -0.05) is 91.0 Å². The van der Waals surface area contributed by atoms with Crippen LogP contribution in [-0.2, 0) is 0 Å². The molecule has 0 aliphatic rings. The number of benzene rings is 3. The number of nitrogens with zero attached hydrogens (tertiary/aromatic N) is 1. The molecule has 0 amide bonds. The summed E-state index contributed by atoms with van der Waals surface area (Å²) in [7, 11) is 0. The molecule has 0 bridgehead atoms. The van der Waals surface area contributed by atoms with Crippen molar-refractivity contribution in [3.63, 3.8) is 0 Å². The maximum Gasteiger partial charge on any atom is 0.0795 e. The maximum atomic E-state index is 4.84. The van der Waals surface area contributed by atoms with Crippen molar-refractivity contribution in [1.29, 1.82) is 0 Å². The second-order valence-electron chi connectivity index (χ2n) is 5.63. The van der Waals surface area contributed by atoms with Gasteiger partial charge in [-0.3, -0.25) is 0 Å². The first-order valence-electron chi connectivity index (χ1n) is 8.01. The lowest BCUT2D eigenvalue weighted by molar-refractivity contribution is 1.32. The van der Waals surface area contributed by atoms with Crippen molar-refractivity contribution >= 4 is 0 Å². The minimum Gasteiger partial charge on any atom is -0.247 e. The molecular weight excluding hydrogens is 290 g/mol. The Morgan fingerprint density at radius 3 is 1.62 bits per heavy atom. The molecule has 4 aromatic rings. The van der Waals surface area contributed by atoms with Crippen molar-refractivity contribution in [3.8, 4) is 33.6 Å². The van der Waals surface area contributed by atoms with Crippen LogP contribution in [0.4, 0.5) is 0 Å². The van der Waals surface area contributed by atoms with Crippen LogP contribution in [0.5, 0.6) is 0 Å². The van der Waals surface area contributed by atoms with Gasteiger partial charge in [-0.25, -0.2) is 4.98 Å². The molecule has 24 heavy (non-hydrogen) atoms. The lowest BCUT2D eigenvalue weighted by atomic mass is 10.00. The number of rotatable bonds is 3. The van der Waals surface area contributed by atoms with E-state index in [1.807, 2.05) is 54.6 Å². The van der Waals surface area contributed by atoms with Crippen LogP contribution < -0.4 is 0 Å². The molecule has 0 aliphatic heterocycles. The number of hydrogen-bond acceptors (Lipinski definition) is 1. The zero-order chi connectivity index (χ0) is 16.2. The van der Waals surface area contributed by atoms with Gasteiger partial charge < -0.3 is 0 Å². The van der Waals surface area contributed by atoms with E-state index in [1.54, 1.807) is 0 Å². The van der Waals surface area contributed by atoms with E-state index in [9.17, 15) is 0 Å². The number of aromatic nitrogens is 1. The summed E-state index contributed by atoms with van der Waals surface area (Å²) in [5.41, 5.74) is 6.23. The molecule has 1 heterocycles. The average molecular weight is 306 g/mol. The third kappa shape index (κ3) is 2.97. The quantitative estimate of drug-likeness (QED) is 0.460. The third-order valence-electron chi connectivity index (χ3n) is 3.97. The molecule has 1 heteroatoms. The van der Waals surface area contributed by atoms with E-state index in [-0.39, 0.29) is 0 Å². The summed E-state index contributed by atoms with van der Waals surface area (Å²) >= 11 is 0. The minimum atomic E-state index is 0.871. The molecule has 0 unspecified atom stereocenters. The summed E-state index contributed by atoms with van der Waals surface area (Å²) < 4.78 is 0. The van der Waals surface area contributed by atoms with Gasteiger partial charge in [0.05, 0.1) is 11.4 Å². The van der Waals surface area contributed by atoms with Crippen LogP contribution in [0.15, 0.2) is 97.1 Å². The van der Waals surface area contributed by atoms with E-state index in [0.717, 1.165) is 33.6 Å². The summed E-state index contributed by atoms with van der Waals surface area (Å²) in [6.45, 7) is 0. The normalized spacial score (nSPS) is 10.5. The van der Waals surface area contributed by atoms with Crippen molar-refractivity contribution in [2.45, 2.75) is 0 Å². The molecule has 0 spiro atoms. The Morgan fingerprint density at radius 1 is 0.542 bits per heavy atom. The first kappa shape index (κ1) is 14.4. The van der Waals surface area contributed by atoms with Crippen molar-refractivity contribution in [3.05, 3.63) is 103 Å². The van der Waals surface area contributed by atoms with Crippen LogP contribution in [-0.4, -0.2) is 4.98 Å². The van der Waals surface area contributed by atoms with Gasteiger partial charge in [-0.05, 0) is 17.2 Å². The Bertz CT molecular complexity index is 790. The summed E-state index contributed by atoms with van der Waals surface area (Å²) in [6.07, 6.45) is 0. The van der Waals surface area contributed by atoms with E-state index in [1.165, 1.54) is 0 Å². The first-order valence-corrected chi connectivity index (χ1v) is 8.01. The Balaban J connectivity index is 1.92. The maximum absolute atomic E-state index is 4.84. The first-order chi connectivity index (χ1) is 11.9. The molecule has 0 N–H and O–H groups in total. The standard InChI is InChI=1S/C23H16N/c1-4-10-18(11-5-1)21-16-22(19-12-6-2-7-13-19)24-23(17-21)20-14-8-3-9-15-20/h1-16H. The van der Waals surface area contributed by atoms with Gasteiger partial charge in [-0.2, -0.15) is 0 Å². The SMILES string of the molecule is [c]1c(-c2ccccc2)cc(-c2ccccc2)nc1-c1ccccc1. The van der Waals surface area contributed by atoms with Gasteiger partial charge in [0, 0.05) is 17.2 Å². The van der Waals surface area contributed by atoms with Crippen molar-refractivity contribution in [2.75, 3.05) is 0 Å². The van der Waals surface area contributed by atoms with Gasteiger partial charge in [0.2, 0.25) is 0 Å². The third-order valence-corrected chi connectivity index (χ3v) is 3.97. The smallest absolute Gasteiger partial charge is 0.0795 e. The lowest BCUT2D eigenvalue weighted by Crippen LogP contribution is -1.91. The predicted molar refractivity (Wildman–Crippen MR) is 99.4 cm³/mol. The van der Waals surface area contributed by atoms with E-state index in [2.05, 4.69) is 48.5 Å². The van der Waals surface area contributed by atoms with Crippen LogP contribution in [0.2, 0.25) is 0 Å². The zero-order valence-electron chi connectivity index (χ0n) is 13.2. The fourth-order valence-electron chi connectivity index (χ4n) is 2.74. The molecular formula is C23H16N. The van der Waals surface area contributed by atoms with Crippen molar-refractivity contribution < 1.29 is 0 Å². The fourth-order valence-corrected chi connectivity index (χ4v) is 2.74. The Hall–Kier alpha value is -3.19. The summed E-state index contributed by atoms with van der Waals surface area (Å²) in [5.74, 6) is 0. The molecule has 1 radical (unpaired) electrons. The van der Waals surface area contributed by atoms with Gasteiger partial charge >= 0.3 is 0 Å². The average Bonchev–Trinajstić information content (AvgIpc) is 2.70. The van der Waals surface area contributed by atoms with Crippen LogP contribution in [0, 0.1) is 6.07 Å². The molecule has 0 aliphatic carbocycles.